The average molecular weight is 314 g/mol. The topological polar surface area (TPSA) is 75.4 Å². The molecule has 5 nitrogen and oxygen atoms in total. The van der Waals surface area contributed by atoms with Gasteiger partial charge >= 0.3 is 0 Å². The fraction of sp³-hybridized carbons (Fsp3) is 0.444. The zero-order valence-electron chi connectivity index (χ0n) is 13.3. The van der Waals surface area contributed by atoms with E-state index in [0.29, 0.717) is 31.7 Å². The van der Waals surface area contributed by atoms with Gasteiger partial charge in [0, 0.05) is 18.5 Å². The molecule has 0 saturated heterocycles. The van der Waals surface area contributed by atoms with Gasteiger partial charge in [0.05, 0.1) is 5.69 Å². The van der Waals surface area contributed by atoms with Gasteiger partial charge in [-0.3, -0.25) is 4.79 Å². The standard InChI is InChI=1S/C18H22N2O3/c1-13-4-6-14(7-5-13)16-20-15(12-23-16)8-11-19-17(21)18(22)9-2-3-10-18/h4-7,12,22H,2-3,8-11H2,1H3,(H,19,21). The van der Waals surface area contributed by atoms with Crippen LogP contribution in [0.3, 0.4) is 0 Å². The molecule has 0 spiro atoms. The second-order valence-corrected chi connectivity index (χ2v) is 6.25. The van der Waals surface area contributed by atoms with Gasteiger partial charge in [0.2, 0.25) is 5.89 Å². The number of benzene rings is 1. The number of amides is 1. The van der Waals surface area contributed by atoms with Gasteiger partial charge in [-0.15, -0.1) is 0 Å². The lowest BCUT2D eigenvalue weighted by molar-refractivity contribution is -0.139. The summed E-state index contributed by atoms with van der Waals surface area (Å²) in [5.74, 6) is 0.318. The quantitative estimate of drug-likeness (QED) is 0.889. The van der Waals surface area contributed by atoms with E-state index in [1.807, 2.05) is 31.2 Å². The van der Waals surface area contributed by atoms with Crippen LogP contribution in [0.25, 0.3) is 11.5 Å². The van der Waals surface area contributed by atoms with Gasteiger partial charge in [0.15, 0.2) is 0 Å². The maximum atomic E-state index is 12.0. The van der Waals surface area contributed by atoms with E-state index in [0.717, 1.165) is 24.1 Å². The molecule has 2 aromatic rings. The molecule has 0 atom stereocenters. The Labute approximate surface area is 135 Å². The Bertz CT molecular complexity index is 670. The Morgan fingerprint density at radius 2 is 2.00 bits per heavy atom. The first-order valence-electron chi connectivity index (χ1n) is 8.09. The van der Waals surface area contributed by atoms with Gasteiger partial charge in [-0.1, -0.05) is 17.7 Å². The van der Waals surface area contributed by atoms with E-state index in [2.05, 4.69) is 10.3 Å². The number of carbonyl (C=O) groups is 1. The molecule has 23 heavy (non-hydrogen) atoms. The SMILES string of the molecule is Cc1ccc(-c2nc(CCNC(=O)C3(O)CCCC3)co2)cc1. The molecule has 1 aliphatic rings. The smallest absolute Gasteiger partial charge is 0.251 e. The van der Waals surface area contributed by atoms with E-state index in [1.165, 1.54) is 5.56 Å². The molecule has 1 saturated carbocycles. The Hall–Kier alpha value is -2.14. The van der Waals surface area contributed by atoms with Crippen molar-refractivity contribution in [3.8, 4) is 11.5 Å². The third-order valence-electron chi connectivity index (χ3n) is 4.37. The maximum Gasteiger partial charge on any atom is 0.251 e. The molecule has 1 fully saturated rings. The summed E-state index contributed by atoms with van der Waals surface area (Å²) in [6.07, 6.45) is 5.13. The fourth-order valence-electron chi connectivity index (χ4n) is 2.91. The van der Waals surface area contributed by atoms with Gasteiger partial charge in [-0.25, -0.2) is 4.98 Å². The second kappa shape index (κ2) is 6.54. The highest BCUT2D eigenvalue weighted by Gasteiger charge is 2.38. The number of hydrogen-bond donors (Lipinski definition) is 2. The lowest BCUT2D eigenvalue weighted by Crippen LogP contribution is -2.45. The minimum Gasteiger partial charge on any atom is -0.444 e. The molecule has 0 bridgehead atoms. The van der Waals surface area contributed by atoms with Crippen molar-refractivity contribution in [1.29, 1.82) is 0 Å². The van der Waals surface area contributed by atoms with Gasteiger partial charge in [-0.05, 0) is 44.7 Å². The summed E-state index contributed by atoms with van der Waals surface area (Å²) < 4.78 is 5.49. The van der Waals surface area contributed by atoms with E-state index < -0.39 is 5.60 Å². The molecule has 0 aliphatic heterocycles. The summed E-state index contributed by atoms with van der Waals surface area (Å²) in [4.78, 5) is 16.5. The van der Waals surface area contributed by atoms with Crippen molar-refractivity contribution >= 4 is 5.91 Å². The highest BCUT2D eigenvalue weighted by molar-refractivity contribution is 5.85. The molecule has 122 valence electrons. The summed E-state index contributed by atoms with van der Waals surface area (Å²) >= 11 is 0. The largest absolute Gasteiger partial charge is 0.444 e. The normalized spacial score (nSPS) is 16.4. The Morgan fingerprint density at radius 1 is 1.30 bits per heavy atom. The van der Waals surface area contributed by atoms with Crippen LogP contribution in [0.15, 0.2) is 34.9 Å². The molecule has 1 aromatic heterocycles. The number of nitrogens with zero attached hydrogens (tertiary/aromatic N) is 1. The van der Waals surface area contributed by atoms with Crippen LogP contribution in [-0.2, 0) is 11.2 Å². The van der Waals surface area contributed by atoms with Crippen molar-refractivity contribution in [2.75, 3.05) is 6.54 Å². The summed E-state index contributed by atoms with van der Waals surface area (Å²) in [5, 5.41) is 13.0. The number of aliphatic hydroxyl groups is 1. The highest BCUT2D eigenvalue weighted by atomic mass is 16.3. The van der Waals surface area contributed by atoms with Gasteiger partial charge in [-0.2, -0.15) is 0 Å². The van der Waals surface area contributed by atoms with Crippen LogP contribution in [0.2, 0.25) is 0 Å². The fourth-order valence-corrected chi connectivity index (χ4v) is 2.91. The van der Waals surface area contributed by atoms with Crippen molar-refractivity contribution in [2.24, 2.45) is 0 Å². The third kappa shape index (κ3) is 3.62. The molecule has 0 radical (unpaired) electrons. The minimum atomic E-state index is -1.17. The highest BCUT2D eigenvalue weighted by Crippen LogP contribution is 2.29. The molecule has 0 unspecified atom stereocenters. The summed E-state index contributed by atoms with van der Waals surface area (Å²) in [6, 6.07) is 7.98. The number of rotatable bonds is 5. The lowest BCUT2D eigenvalue weighted by atomic mass is 10.0. The molecular weight excluding hydrogens is 292 g/mol. The number of aromatic nitrogens is 1. The summed E-state index contributed by atoms with van der Waals surface area (Å²) in [6.45, 7) is 2.48. The van der Waals surface area contributed by atoms with Crippen molar-refractivity contribution in [1.82, 2.24) is 10.3 Å². The summed E-state index contributed by atoms with van der Waals surface area (Å²) in [7, 11) is 0. The predicted molar refractivity (Wildman–Crippen MR) is 86.8 cm³/mol. The maximum absolute atomic E-state index is 12.0. The predicted octanol–water partition coefficient (Wildman–Crippen LogP) is 2.61. The van der Waals surface area contributed by atoms with Crippen LogP contribution in [-0.4, -0.2) is 28.1 Å². The van der Waals surface area contributed by atoms with E-state index in [1.54, 1.807) is 6.26 Å². The van der Waals surface area contributed by atoms with Crippen molar-refractivity contribution in [3.63, 3.8) is 0 Å². The average Bonchev–Trinajstić information content (AvgIpc) is 3.18. The van der Waals surface area contributed by atoms with Crippen molar-refractivity contribution in [2.45, 2.75) is 44.6 Å². The third-order valence-corrected chi connectivity index (χ3v) is 4.37. The first-order chi connectivity index (χ1) is 11.1. The van der Waals surface area contributed by atoms with Crippen LogP contribution >= 0.6 is 0 Å². The van der Waals surface area contributed by atoms with E-state index in [4.69, 9.17) is 4.42 Å². The van der Waals surface area contributed by atoms with Crippen LogP contribution in [0.5, 0.6) is 0 Å². The molecular formula is C18H22N2O3. The van der Waals surface area contributed by atoms with Crippen LogP contribution in [0, 0.1) is 6.92 Å². The number of oxazole rings is 1. The van der Waals surface area contributed by atoms with Crippen molar-refractivity contribution < 1.29 is 14.3 Å². The van der Waals surface area contributed by atoms with E-state index >= 15 is 0 Å². The molecule has 1 aliphatic carbocycles. The molecule has 3 rings (SSSR count). The summed E-state index contributed by atoms with van der Waals surface area (Å²) in [5.41, 5.74) is 1.75. The van der Waals surface area contributed by atoms with E-state index in [-0.39, 0.29) is 5.91 Å². The van der Waals surface area contributed by atoms with Gasteiger partial charge in [0.25, 0.3) is 5.91 Å². The number of nitrogens with one attached hydrogen (secondary N) is 1. The van der Waals surface area contributed by atoms with Crippen molar-refractivity contribution in [3.05, 3.63) is 41.8 Å². The first-order valence-corrected chi connectivity index (χ1v) is 8.09. The number of aryl methyl sites for hydroxylation is 1. The monoisotopic (exact) mass is 314 g/mol. The minimum absolute atomic E-state index is 0.266. The Kier molecular flexibility index (Phi) is 4.48. The van der Waals surface area contributed by atoms with Crippen LogP contribution in [0.4, 0.5) is 0 Å². The number of hydrogen-bond acceptors (Lipinski definition) is 4. The first kappa shape index (κ1) is 15.7. The second-order valence-electron chi connectivity index (χ2n) is 6.25. The zero-order valence-corrected chi connectivity index (χ0v) is 13.3. The zero-order chi connectivity index (χ0) is 16.3. The van der Waals surface area contributed by atoms with Crippen LogP contribution < -0.4 is 5.32 Å². The van der Waals surface area contributed by atoms with E-state index in [9.17, 15) is 9.90 Å². The molecule has 5 heteroatoms. The molecule has 1 amide bonds. The Balaban J connectivity index is 1.53. The molecule has 2 N–H and O–H groups in total. The van der Waals surface area contributed by atoms with Gasteiger partial charge in [0.1, 0.15) is 11.9 Å². The molecule has 1 heterocycles. The molecule has 1 aromatic carbocycles. The van der Waals surface area contributed by atoms with Crippen LogP contribution in [0.1, 0.15) is 36.9 Å². The lowest BCUT2D eigenvalue weighted by Gasteiger charge is -2.20. The number of carbonyl (C=O) groups excluding carboxylic acids is 1. The van der Waals surface area contributed by atoms with Gasteiger partial charge < -0.3 is 14.8 Å². The Morgan fingerprint density at radius 3 is 2.70 bits per heavy atom.